The van der Waals surface area contributed by atoms with Crippen LogP contribution in [0.4, 0.5) is 0 Å². The van der Waals surface area contributed by atoms with Crippen LogP contribution in [0.15, 0.2) is 52.4 Å². The van der Waals surface area contributed by atoms with Gasteiger partial charge in [0, 0.05) is 47.2 Å². The number of ether oxygens (including phenoxy) is 1. The van der Waals surface area contributed by atoms with Gasteiger partial charge in [-0.05, 0) is 68.2 Å². The quantitative estimate of drug-likeness (QED) is 0.769. The van der Waals surface area contributed by atoms with Gasteiger partial charge in [0.2, 0.25) is 0 Å². The Kier molecular flexibility index (Phi) is 6.04. The van der Waals surface area contributed by atoms with Crippen LogP contribution in [0.5, 0.6) is 0 Å². The molecule has 6 rings (SSSR count). The number of amides is 1. The molecule has 1 aromatic carbocycles. The summed E-state index contributed by atoms with van der Waals surface area (Å²) in [4.78, 5) is 21.9. The number of nitrogens with one attached hydrogen (secondary N) is 2. The fraction of sp³-hybridized carbons (Fsp3) is 0.478. The fourth-order valence-electron chi connectivity index (χ4n) is 4.61. The van der Waals surface area contributed by atoms with Crippen LogP contribution in [0.1, 0.15) is 35.0 Å². The van der Waals surface area contributed by atoms with E-state index in [1.807, 2.05) is 36.5 Å². The van der Waals surface area contributed by atoms with E-state index in [-0.39, 0.29) is 12.0 Å². The van der Waals surface area contributed by atoms with Gasteiger partial charge in [-0.1, -0.05) is 11.8 Å². The minimum absolute atomic E-state index is 0.0109. The van der Waals surface area contributed by atoms with E-state index in [0.717, 1.165) is 40.7 Å². The second kappa shape index (κ2) is 9.06. The third-order valence-corrected chi connectivity index (χ3v) is 7.33. The van der Waals surface area contributed by atoms with Crippen molar-refractivity contribution in [2.45, 2.75) is 34.8 Å². The minimum atomic E-state index is 0.0109. The number of rotatable bonds is 5. The second-order valence-electron chi connectivity index (χ2n) is 8.32. The molecular weight excluding hydrogens is 396 g/mol. The molecule has 0 spiro atoms. The highest BCUT2D eigenvalue weighted by Crippen LogP contribution is 2.30. The summed E-state index contributed by atoms with van der Waals surface area (Å²) < 4.78 is 5.81. The van der Waals surface area contributed by atoms with Gasteiger partial charge in [0.25, 0.3) is 5.91 Å². The molecule has 2 atom stereocenters. The molecule has 0 radical (unpaired) electrons. The van der Waals surface area contributed by atoms with E-state index < -0.39 is 0 Å². The smallest absolute Gasteiger partial charge is 0.251 e. The molecule has 5 heterocycles. The van der Waals surface area contributed by atoms with Crippen LogP contribution in [0, 0.1) is 5.92 Å². The van der Waals surface area contributed by atoms with Crippen LogP contribution in [0.25, 0.3) is 0 Å². The number of nitrogens with zero attached hydrogens (tertiary/aromatic N) is 2. The molecule has 0 saturated carbocycles. The van der Waals surface area contributed by atoms with Gasteiger partial charge in [-0.25, -0.2) is 0 Å². The van der Waals surface area contributed by atoms with Gasteiger partial charge in [-0.15, -0.1) is 0 Å². The van der Waals surface area contributed by atoms with E-state index in [9.17, 15) is 4.79 Å². The molecule has 2 aromatic rings. The van der Waals surface area contributed by atoms with Crippen molar-refractivity contribution in [3.05, 3.63) is 53.9 Å². The number of hydrogen-bond donors (Lipinski definition) is 2. The van der Waals surface area contributed by atoms with E-state index in [4.69, 9.17) is 4.74 Å². The van der Waals surface area contributed by atoms with Gasteiger partial charge in [-0.3, -0.25) is 9.78 Å². The van der Waals surface area contributed by atoms with Crippen molar-refractivity contribution >= 4 is 17.7 Å². The first kappa shape index (κ1) is 20.0. The van der Waals surface area contributed by atoms with Crippen LogP contribution in [0.3, 0.4) is 0 Å². The highest BCUT2D eigenvalue weighted by Gasteiger charge is 2.34. The molecule has 4 saturated heterocycles. The zero-order valence-electron chi connectivity index (χ0n) is 17.0. The van der Waals surface area contributed by atoms with E-state index in [2.05, 4.69) is 26.6 Å². The lowest BCUT2D eigenvalue weighted by atomic mass is 9.84. The molecule has 1 amide bonds. The first-order valence-corrected chi connectivity index (χ1v) is 11.7. The number of aromatic nitrogens is 1. The van der Waals surface area contributed by atoms with Crippen molar-refractivity contribution < 1.29 is 9.53 Å². The Morgan fingerprint density at radius 2 is 2.00 bits per heavy atom. The average molecular weight is 425 g/mol. The number of benzene rings is 1. The van der Waals surface area contributed by atoms with E-state index in [1.54, 1.807) is 11.8 Å². The molecular formula is C23H28N4O2S. The highest BCUT2D eigenvalue weighted by molar-refractivity contribution is 7.99. The van der Waals surface area contributed by atoms with E-state index in [1.165, 1.54) is 25.9 Å². The number of hydrogen-bond acceptors (Lipinski definition) is 6. The van der Waals surface area contributed by atoms with Crippen molar-refractivity contribution in [3.8, 4) is 0 Å². The van der Waals surface area contributed by atoms with E-state index >= 15 is 0 Å². The van der Waals surface area contributed by atoms with Crippen molar-refractivity contribution in [2.24, 2.45) is 5.92 Å². The molecule has 0 aliphatic carbocycles. The van der Waals surface area contributed by atoms with Crippen LogP contribution in [-0.4, -0.2) is 61.2 Å². The molecule has 158 valence electrons. The van der Waals surface area contributed by atoms with Crippen molar-refractivity contribution in [1.82, 2.24) is 20.5 Å². The molecule has 2 bridgehead atoms. The molecule has 2 N–H and O–H groups in total. The molecule has 6 nitrogen and oxygen atoms in total. The van der Waals surface area contributed by atoms with Crippen LogP contribution < -0.4 is 10.6 Å². The summed E-state index contributed by atoms with van der Waals surface area (Å²) in [6.07, 6.45) is 4.26. The first-order valence-electron chi connectivity index (χ1n) is 10.8. The number of morpholine rings is 1. The predicted molar refractivity (Wildman–Crippen MR) is 117 cm³/mol. The average Bonchev–Trinajstić information content (AvgIpc) is 2.81. The number of fused-ring (bicyclic) bond motifs is 3. The lowest BCUT2D eigenvalue weighted by Crippen LogP contribution is -2.57. The third kappa shape index (κ3) is 4.54. The predicted octanol–water partition coefficient (Wildman–Crippen LogP) is 2.72. The number of piperidine rings is 3. The van der Waals surface area contributed by atoms with Gasteiger partial charge in [0.15, 0.2) is 0 Å². The number of carbonyl (C=O) groups is 1. The Morgan fingerprint density at radius 1 is 1.17 bits per heavy atom. The summed E-state index contributed by atoms with van der Waals surface area (Å²) in [5.74, 6) is 0.677. The third-order valence-electron chi connectivity index (χ3n) is 6.33. The lowest BCUT2D eigenvalue weighted by Gasteiger charge is -2.44. The van der Waals surface area contributed by atoms with Gasteiger partial charge in [0.1, 0.15) is 6.10 Å². The summed E-state index contributed by atoms with van der Waals surface area (Å²) in [7, 11) is 0. The second-order valence-corrected chi connectivity index (χ2v) is 9.47. The topological polar surface area (TPSA) is 66.5 Å². The molecule has 4 fully saturated rings. The largest absolute Gasteiger partial charge is 0.369 e. The Labute approximate surface area is 181 Å². The summed E-state index contributed by atoms with van der Waals surface area (Å²) >= 11 is 1.68. The molecule has 1 unspecified atom stereocenters. The van der Waals surface area contributed by atoms with Gasteiger partial charge >= 0.3 is 0 Å². The number of pyridine rings is 1. The Bertz CT molecular complexity index is 877. The summed E-state index contributed by atoms with van der Waals surface area (Å²) in [6.45, 7) is 5.77. The van der Waals surface area contributed by atoms with Gasteiger partial charge in [-0.2, -0.15) is 0 Å². The standard InChI is InChI=1S/C23H28N4O2S/c28-23(26-21-15-27-10-6-16(21)7-11-27)17-1-3-18(4-2-17)30-19-5-8-25-20(13-19)22-14-24-9-12-29-22/h1-5,8,13,16,21-22,24H,6-7,9-12,14-15H2,(H,26,28)/t21-,22?/m0/s1. The zero-order chi connectivity index (χ0) is 20.3. The van der Waals surface area contributed by atoms with Crippen LogP contribution in [0.2, 0.25) is 0 Å². The first-order chi connectivity index (χ1) is 14.7. The van der Waals surface area contributed by atoms with Crippen molar-refractivity contribution in [2.75, 3.05) is 39.3 Å². The van der Waals surface area contributed by atoms with Gasteiger partial charge in [0.05, 0.1) is 12.3 Å². The Morgan fingerprint density at radius 3 is 2.70 bits per heavy atom. The highest BCUT2D eigenvalue weighted by atomic mass is 32.2. The van der Waals surface area contributed by atoms with E-state index in [0.29, 0.717) is 18.6 Å². The normalized spacial score (nSPS) is 28.3. The summed E-state index contributed by atoms with van der Waals surface area (Å²) in [5.41, 5.74) is 1.69. The SMILES string of the molecule is O=C(N[C@H]1CN2CCC1CC2)c1ccc(Sc2ccnc(C3CNCCO3)c2)cc1. The summed E-state index contributed by atoms with van der Waals surface area (Å²) in [5, 5.41) is 6.61. The van der Waals surface area contributed by atoms with Crippen molar-refractivity contribution in [1.29, 1.82) is 0 Å². The number of carbonyl (C=O) groups excluding carboxylic acids is 1. The maximum Gasteiger partial charge on any atom is 0.251 e. The monoisotopic (exact) mass is 424 g/mol. The zero-order valence-corrected chi connectivity index (χ0v) is 17.9. The van der Waals surface area contributed by atoms with Crippen LogP contribution in [-0.2, 0) is 4.74 Å². The maximum atomic E-state index is 12.7. The minimum Gasteiger partial charge on any atom is -0.369 e. The Hall–Kier alpha value is -1.93. The van der Waals surface area contributed by atoms with Crippen LogP contribution >= 0.6 is 11.8 Å². The lowest BCUT2D eigenvalue weighted by molar-refractivity contribution is 0.0249. The van der Waals surface area contributed by atoms with Crippen molar-refractivity contribution in [3.63, 3.8) is 0 Å². The molecule has 7 heteroatoms. The fourth-order valence-corrected chi connectivity index (χ4v) is 5.47. The summed E-state index contributed by atoms with van der Waals surface area (Å²) in [6, 6.07) is 12.3. The molecule has 30 heavy (non-hydrogen) atoms. The molecule has 4 aliphatic heterocycles. The molecule has 4 aliphatic rings. The van der Waals surface area contributed by atoms with Gasteiger partial charge < -0.3 is 20.3 Å². The maximum absolute atomic E-state index is 12.7. The Balaban J connectivity index is 1.20. The molecule has 1 aromatic heterocycles.